The first-order valence-corrected chi connectivity index (χ1v) is 8.61. The van der Waals surface area contributed by atoms with Gasteiger partial charge in [-0.05, 0) is 48.0 Å². The molecular weight excluding hydrogens is 362 g/mol. The number of rotatable bonds is 7. The Morgan fingerprint density at radius 1 is 1.16 bits per heavy atom. The van der Waals surface area contributed by atoms with Gasteiger partial charge >= 0.3 is 5.97 Å². The first-order valence-electron chi connectivity index (χ1n) is 7.25. The van der Waals surface area contributed by atoms with Gasteiger partial charge in [0.2, 0.25) is 5.91 Å². The maximum absolute atomic E-state index is 12.0. The van der Waals surface area contributed by atoms with Crippen LogP contribution in [0.4, 0.5) is 5.69 Å². The van der Waals surface area contributed by atoms with Crippen LogP contribution >= 0.6 is 23.4 Å². The highest BCUT2D eigenvalue weighted by Crippen LogP contribution is 2.22. The van der Waals surface area contributed by atoms with E-state index < -0.39 is 5.97 Å². The second-order valence-corrected chi connectivity index (χ2v) is 6.38. The quantitative estimate of drug-likeness (QED) is 0.709. The maximum atomic E-state index is 12.0. The average molecular weight is 378 g/mol. The maximum Gasteiger partial charge on any atom is 0.342 e. The smallest absolute Gasteiger partial charge is 0.342 e. The average Bonchev–Trinajstić information content (AvgIpc) is 2.61. The van der Waals surface area contributed by atoms with Crippen LogP contribution in [0, 0.1) is 0 Å². The lowest BCUT2D eigenvalue weighted by molar-refractivity contribution is -0.131. The van der Waals surface area contributed by atoms with Gasteiger partial charge in [0.15, 0.2) is 0 Å². The molecule has 2 aromatic rings. The van der Waals surface area contributed by atoms with Gasteiger partial charge in [-0.1, -0.05) is 23.7 Å². The lowest BCUT2D eigenvalue weighted by atomic mass is 10.2. The van der Waals surface area contributed by atoms with Gasteiger partial charge in [-0.3, -0.25) is 4.79 Å². The van der Waals surface area contributed by atoms with Gasteiger partial charge in [0.1, 0.15) is 5.75 Å². The molecule has 2 N–H and O–H groups in total. The van der Waals surface area contributed by atoms with E-state index in [0.29, 0.717) is 22.0 Å². The molecule has 2 aromatic carbocycles. The van der Waals surface area contributed by atoms with Crippen molar-refractivity contribution in [2.24, 2.45) is 0 Å². The summed E-state index contributed by atoms with van der Waals surface area (Å²) in [5, 5.41) is 12.6. The number of carbonyl (C=O) groups is 2. The number of halogens is 1. The number of thioether (sulfide) groups is 1. The van der Waals surface area contributed by atoms with Crippen molar-refractivity contribution in [1.82, 2.24) is 0 Å². The first-order chi connectivity index (χ1) is 12.0. The second kappa shape index (κ2) is 9.15. The van der Waals surface area contributed by atoms with E-state index in [-0.39, 0.29) is 16.6 Å². The van der Waals surface area contributed by atoms with Crippen molar-refractivity contribution in [3.05, 3.63) is 64.0 Å². The van der Waals surface area contributed by atoms with Gasteiger partial charge in [-0.15, -0.1) is 11.8 Å². The molecule has 0 bridgehead atoms. The Morgan fingerprint density at radius 2 is 1.80 bits per heavy atom. The number of aliphatic carboxylic acids is 1. The normalized spacial score (nSPS) is 11.0. The Bertz CT molecular complexity index is 773. The summed E-state index contributed by atoms with van der Waals surface area (Å²) >= 11 is 6.74. The van der Waals surface area contributed by atoms with E-state index in [1.54, 1.807) is 55.6 Å². The predicted octanol–water partition coefficient (Wildman–Crippen LogP) is 4.15. The number of carboxylic acids is 1. The van der Waals surface area contributed by atoms with Crippen molar-refractivity contribution in [2.45, 2.75) is 0 Å². The SMILES string of the molecule is COc1ccc(/C=C(/SCC(=O)Nc2ccc(Cl)cc2)C(=O)O)cc1. The third-order valence-electron chi connectivity index (χ3n) is 3.11. The molecule has 130 valence electrons. The molecule has 0 radical (unpaired) electrons. The summed E-state index contributed by atoms with van der Waals surface area (Å²) in [6, 6.07) is 13.7. The Kier molecular flexibility index (Phi) is 6.91. The van der Waals surface area contributed by atoms with Crippen molar-refractivity contribution in [3.8, 4) is 5.75 Å². The number of ether oxygens (including phenoxy) is 1. The fourth-order valence-corrected chi connectivity index (χ4v) is 2.72. The van der Waals surface area contributed by atoms with E-state index in [1.807, 2.05) is 0 Å². The highest BCUT2D eigenvalue weighted by molar-refractivity contribution is 8.04. The fraction of sp³-hybridized carbons (Fsp3) is 0.111. The molecule has 0 heterocycles. The van der Waals surface area contributed by atoms with Crippen molar-refractivity contribution in [2.75, 3.05) is 18.2 Å². The molecule has 0 fully saturated rings. The van der Waals surface area contributed by atoms with Gasteiger partial charge < -0.3 is 15.2 Å². The number of amides is 1. The summed E-state index contributed by atoms with van der Waals surface area (Å²) in [5.41, 5.74) is 1.31. The number of methoxy groups -OCH3 is 1. The van der Waals surface area contributed by atoms with Crippen molar-refractivity contribution in [1.29, 1.82) is 0 Å². The highest BCUT2D eigenvalue weighted by atomic mass is 35.5. The summed E-state index contributed by atoms with van der Waals surface area (Å²) < 4.78 is 5.06. The van der Waals surface area contributed by atoms with Crippen LogP contribution in [0.15, 0.2) is 53.4 Å². The van der Waals surface area contributed by atoms with Crippen LogP contribution < -0.4 is 10.1 Å². The highest BCUT2D eigenvalue weighted by Gasteiger charge is 2.12. The van der Waals surface area contributed by atoms with Gasteiger partial charge in [0.05, 0.1) is 17.8 Å². The number of benzene rings is 2. The lowest BCUT2D eigenvalue weighted by Crippen LogP contribution is -2.14. The molecule has 0 atom stereocenters. The number of hydrogen-bond acceptors (Lipinski definition) is 4. The Balaban J connectivity index is 1.98. The van der Waals surface area contributed by atoms with Gasteiger partial charge in [0, 0.05) is 10.7 Å². The van der Waals surface area contributed by atoms with Crippen molar-refractivity contribution in [3.63, 3.8) is 0 Å². The molecule has 0 saturated heterocycles. The van der Waals surface area contributed by atoms with Crippen LogP contribution in [0.5, 0.6) is 5.75 Å². The largest absolute Gasteiger partial charge is 0.497 e. The molecule has 0 saturated carbocycles. The molecule has 0 spiro atoms. The number of nitrogens with one attached hydrogen (secondary N) is 1. The fourth-order valence-electron chi connectivity index (χ4n) is 1.89. The standard InChI is InChI=1S/C18H16ClNO4S/c1-24-15-8-2-12(3-9-15)10-16(18(22)23)25-11-17(21)20-14-6-4-13(19)5-7-14/h2-10H,11H2,1H3,(H,20,21)(H,22,23)/b16-10+. The van der Waals surface area contributed by atoms with E-state index in [4.69, 9.17) is 16.3 Å². The zero-order valence-corrected chi connectivity index (χ0v) is 14.9. The topological polar surface area (TPSA) is 75.6 Å². The Hall–Kier alpha value is -2.44. The molecule has 0 aliphatic carbocycles. The number of carbonyl (C=O) groups excluding carboxylic acids is 1. The molecule has 1 amide bonds. The molecule has 0 aliphatic rings. The third kappa shape index (κ3) is 6.17. The van der Waals surface area contributed by atoms with E-state index in [9.17, 15) is 14.7 Å². The monoisotopic (exact) mass is 377 g/mol. The van der Waals surface area contributed by atoms with Gasteiger partial charge in [-0.2, -0.15) is 0 Å². The minimum absolute atomic E-state index is 0.0169. The first kappa shape index (κ1) is 18.9. The van der Waals surface area contributed by atoms with Crippen LogP contribution in [-0.4, -0.2) is 29.8 Å². The van der Waals surface area contributed by atoms with Crippen LogP contribution in [0.3, 0.4) is 0 Å². The second-order valence-electron chi connectivity index (χ2n) is 4.93. The van der Waals surface area contributed by atoms with E-state index in [2.05, 4.69) is 5.32 Å². The number of anilines is 1. The summed E-state index contributed by atoms with van der Waals surface area (Å²) in [7, 11) is 1.56. The zero-order valence-electron chi connectivity index (χ0n) is 13.4. The molecule has 0 aromatic heterocycles. The van der Waals surface area contributed by atoms with E-state index in [0.717, 1.165) is 11.8 Å². The molecule has 0 aliphatic heterocycles. The lowest BCUT2D eigenvalue weighted by Gasteiger charge is -2.06. The van der Waals surface area contributed by atoms with Crippen molar-refractivity contribution >= 4 is 47.0 Å². The minimum Gasteiger partial charge on any atom is -0.497 e. The summed E-state index contributed by atoms with van der Waals surface area (Å²) in [4.78, 5) is 23.4. The van der Waals surface area contributed by atoms with E-state index in [1.165, 1.54) is 6.08 Å². The number of carboxylic acid groups (broad SMARTS) is 1. The summed E-state index contributed by atoms with van der Waals surface area (Å²) in [5.74, 6) is -0.713. The van der Waals surface area contributed by atoms with E-state index >= 15 is 0 Å². The minimum atomic E-state index is -1.08. The number of hydrogen-bond donors (Lipinski definition) is 2. The zero-order chi connectivity index (χ0) is 18.2. The van der Waals surface area contributed by atoms with Crippen LogP contribution in [0.25, 0.3) is 6.08 Å². The summed E-state index contributed by atoms with van der Waals surface area (Å²) in [6.45, 7) is 0. The molecule has 25 heavy (non-hydrogen) atoms. The van der Waals surface area contributed by atoms with Crippen LogP contribution in [-0.2, 0) is 9.59 Å². The predicted molar refractivity (Wildman–Crippen MR) is 101 cm³/mol. The Morgan fingerprint density at radius 3 is 2.36 bits per heavy atom. The molecule has 0 unspecified atom stereocenters. The molecule has 7 heteroatoms. The molecule has 2 rings (SSSR count). The van der Waals surface area contributed by atoms with Gasteiger partial charge in [0.25, 0.3) is 0 Å². The van der Waals surface area contributed by atoms with Crippen LogP contribution in [0.1, 0.15) is 5.56 Å². The van der Waals surface area contributed by atoms with Crippen LogP contribution in [0.2, 0.25) is 5.02 Å². The molecular formula is C18H16ClNO4S. The van der Waals surface area contributed by atoms with Crippen molar-refractivity contribution < 1.29 is 19.4 Å². The Labute approximate surface area is 154 Å². The third-order valence-corrected chi connectivity index (χ3v) is 4.37. The molecule has 5 nitrogen and oxygen atoms in total. The van der Waals surface area contributed by atoms with Gasteiger partial charge in [-0.25, -0.2) is 4.79 Å². The summed E-state index contributed by atoms with van der Waals surface area (Å²) in [6.07, 6.45) is 1.52.